The van der Waals surface area contributed by atoms with Crippen LogP contribution >= 0.6 is 0 Å². The molecule has 13 heavy (non-hydrogen) atoms. The largest absolute Gasteiger partial charge is 0.462 e. The summed E-state index contributed by atoms with van der Waals surface area (Å²) < 4.78 is 4.86. The highest BCUT2D eigenvalue weighted by Gasteiger charge is 2.10. The van der Waals surface area contributed by atoms with Gasteiger partial charge >= 0.3 is 5.97 Å². The van der Waals surface area contributed by atoms with Gasteiger partial charge in [0.25, 0.3) is 0 Å². The Balaban J connectivity index is 2.92. The van der Waals surface area contributed by atoms with E-state index in [4.69, 9.17) is 4.74 Å². The number of carbonyl (C=O) groups excluding carboxylic acids is 1. The molecule has 0 bridgehead atoms. The lowest BCUT2D eigenvalue weighted by atomic mass is 10.1. The van der Waals surface area contributed by atoms with E-state index in [9.17, 15) is 4.79 Å². The molecule has 0 aromatic carbocycles. The van der Waals surface area contributed by atoms with E-state index in [1.807, 2.05) is 6.92 Å². The van der Waals surface area contributed by atoms with Gasteiger partial charge in [0.2, 0.25) is 0 Å². The average Bonchev–Trinajstić information content (AvgIpc) is 2.18. The predicted molar refractivity (Wildman–Crippen MR) is 47.4 cm³/mol. The van der Waals surface area contributed by atoms with Crippen LogP contribution in [0, 0.1) is 0 Å². The van der Waals surface area contributed by atoms with Crippen LogP contribution in [0.2, 0.25) is 0 Å². The standard InChI is InChI=1S/C9H12N2O2/c1-3-7-5-10-11-6-8(7)9(12)13-4-2/h5-6H,3-4H2,1-2H3. The van der Waals surface area contributed by atoms with Crippen LogP contribution in [0.25, 0.3) is 0 Å². The van der Waals surface area contributed by atoms with Gasteiger partial charge in [0.05, 0.1) is 24.6 Å². The van der Waals surface area contributed by atoms with Crippen LogP contribution in [0.15, 0.2) is 12.4 Å². The van der Waals surface area contributed by atoms with Crippen LogP contribution in [0.5, 0.6) is 0 Å². The van der Waals surface area contributed by atoms with Gasteiger partial charge in [-0.15, -0.1) is 0 Å². The van der Waals surface area contributed by atoms with Gasteiger partial charge in [0.15, 0.2) is 0 Å². The molecule has 0 spiro atoms. The van der Waals surface area contributed by atoms with Gasteiger partial charge in [0, 0.05) is 0 Å². The molecule has 4 heteroatoms. The predicted octanol–water partition coefficient (Wildman–Crippen LogP) is 1.22. The van der Waals surface area contributed by atoms with E-state index >= 15 is 0 Å². The Labute approximate surface area is 76.9 Å². The minimum atomic E-state index is -0.325. The quantitative estimate of drug-likeness (QED) is 0.656. The van der Waals surface area contributed by atoms with Crippen LogP contribution in [0.4, 0.5) is 0 Å². The molecule has 1 aromatic rings. The second-order valence-corrected chi connectivity index (χ2v) is 2.50. The van der Waals surface area contributed by atoms with Gasteiger partial charge in [-0.2, -0.15) is 10.2 Å². The number of nitrogens with zero attached hydrogens (tertiary/aromatic N) is 2. The number of ether oxygens (including phenoxy) is 1. The molecule has 0 aliphatic heterocycles. The maximum atomic E-state index is 11.3. The van der Waals surface area contributed by atoms with Crippen LogP contribution < -0.4 is 0 Å². The summed E-state index contributed by atoms with van der Waals surface area (Å²) in [6, 6.07) is 0. The first-order valence-corrected chi connectivity index (χ1v) is 4.26. The van der Waals surface area contributed by atoms with Crippen molar-refractivity contribution in [2.45, 2.75) is 20.3 Å². The first kappa shape index (κ1) is 9.64. The lowest BCUT2D eigenvalue weighted by Crippen LogP contribution is -2.08. The Kier molecular flexibility index (Phi) is 3.37. The van der Waals surface area contributed by atoms with E-state index < -0.39 is 0 Å². The minimum absolute atomic E-state index is 0.325. The fourth-order valence-corrected chi connectivity index (χ4v) is 1.02. The molecule has 70 valence electrons. The summed E-state index contributed by atoms with van der Waals surface area (Å²) in [4.78, 5) is 11.3. The number of esters is 1. The molecule has 1 rings (SSSR count). The molecule has 0 fully saturated rings. The molecular formula is C9H12N2O2. The van der Waals surface area contributed by atoms with Crippen molar-refractivity contribution >= 4 is 5.97 Å². The van der Waals surface area contributed by atoms with E-state index in [0.29, 0.717) is 12.2 Å². The fraction of sp³-hybridized carbons (Fsp3) is 0.444. The highest BCUT2D eigenvalue weighted by Crippen LogP contribution is 2.07. The zero-order valence-electron chi connectivity index (χ0n) is 7.78. The normalized spacial score (nSPS) is 9.69. The van der Waals surface area contributed by atoms with E-state index in [-0.39, 0.29) is 5.97 Å². The third kappa shape index (κ3) is 2.24. The molecule has 0 aliphatic carbocycles. The number of hydrogen-bond donors (Lipinski definition) is 0. The maximum Gasteiger partial charge on any atom is 0.340 e. The average molecular weight is 180 g/mol. The monoisotopic (exact) mass is 180 g/mol. The zero-order chi connectivity index (χ0) is 9.68. The Morgan fingerprint density at radius 2 is 2.08 bits per heavy atom. The third-order valence-electron chi connectivity index (χ3n) is 1.69. The molecule has 0 atom stereocenters. The topological polar surface area (TPSA) is 52.1 Å². The lowest BCUT2D eigenvalue weighted by molar-refractivity contribution is 0.0524. The molecule has 0 radical (unpaired) electrons. The molecule has 1 heterocycles. The number of aryl methyl sites for hydroxylation is 1. The van der Waals surface area contributed by atoms with Gasteiger partial charge < -0.3 is 4.74 Å². The number of rotatable bonds is 3. The van der Waals surface area contributed by atoms with Crippen molar-refractivity contribution in [1.82, 2.24) is 10.2 Å². The molecule has 4 nitrogen and oxygen atoms in total. The Morgan fingerprint density at radius 3 is 2.69 bits per heavy atom. The molecule has 0 unspecified atom stereocenters. The summed E-state index contributed by atoms with van der Waals surface area (Å²) in [5.74, 6) is -0.325. The summed E-state index contributed by atoms with van der Waals surface area (Å²) in [7, 11) is 0. The summed E-state index contributed by atoms with van der Waals surface area (Å²) in [6.45, 7) is 4.11. The zero-order valence-corrected chi connectivity index (χ0v) is 7.78. The van der Waals surface area contributed by atoms with Gasteiger partial charge in [-0.1, -0.05) is 6.92 Å². The van der Waals surface area contributed by atoms with Crippen molar-refractivity contribution in [3.63, 3.8) is 0 Å². The molecule has 1 aromatic heterocycles. The van der Waals surface area contributed by atoms with Crippen molar-refractivity contribution in [2.24, 2.45) is 0 Å². The molecule has 0 amide bonds. The highest BCUT2D eigenvalue weighted by atomic mass is 16.5. The van der Waals surface area contributed by atoms with E-state index in [1.165, 1.54) is 6.20 Å². The molecule has 0 saturated carbocycles. The maximum absolute atomic E-state index is 11.3. The van der Waals surface area contributed by atoms with Gasteiger partial charge in [-0.05, 0) is 18.9 Å². The number of aromatic nitrogens is 2. The van der Waals surface area contributed by atoms with Crippen LogP contribution in [0.1, 0.15) is 29.8 Å². The molecule has 0 aliphatic rings. The molecule has 0 N–H and O–H groups in total. The van der Waals surface area contributed by atoms with Gasteiger partial charge in [0.1, 0.15) is 0 Å². The van der Waals surface area contributed by atoms with E-state index in [1.54, 1.807) is 13.1 Å². The van der Waals surface area contributed by atoms with Crippen LogP contribution in [0.3, 0.4) is 0 Å². The highest BCUT2D eigenvalue weighted by molar-refractivity contribution is 5.90. The van der Waals surface area contributed by atoms with E-state index in [0.717, 1.165) is 12.0 Å². The van der Waals surface area contributed by atoms with E-state index in [2.05, 4.69) is 10.2 Å². The second-order valence-electron chi connectivity index (χ2n) is 2.50. The first-order chi connectivity index (χ1) is 6.29. The fourth-order valence-electron chi connectivity index (χ4n) is 1.02. The van der Waals surface area contributed by atoms with Crippen molar-refractivity contribution in [3.05, 3.63) is 23.5 Å². The summed E-state index contributed by atoms with van der Waals surface area (Å²) >= 11 is 0. The van der Waals surface area contributed by atoms with Crippen molar-refractivity contribution < 1.29 is 9.53 Å². The number of carbonyl (C=O) groups is 1. The lowest BCUT2D eigenvalue weighted by Gasteiger charge is -2.04. The Hall–Kier alpha value is -1.45. The third-order valence-corrected chi connectivity index (χ3v) is 1.69. The molecular weight excluding hydrogens is 168 g/mol. The van der Waals surface area contributed by atoms with Gasteiger partial charge in [-0.3, -0.25) is 0 Å². The SMILES string of the molecule is CCOC(=O)c1cnncc1CC. The Bertz CT molecular complexity index is 299. The first-order valence-electron chi connectivity index (χ1n) is 4.26. The van der Waals surface area contributed by atoms with Crippen LogP contribution in [-0.4, -0.2) is 22.8 Å². The number of hydrogen-bond acceptors (Lipinski definition) is 4. The van der Waals surface area contributed by atoms with Gasteiger partial charge in [-0.25, -0.2) is 4.79 Å². The van der Waals surface area contributed by atoms with Crippen molar-refractivity contribution in [2.75, 3.05) is 6.61 Å². The smallest absolute Gasteiger partial charge is 0.340 e. The van der Waals surface area contributed by atoms with Crippen molar-refractivity contribution in [3.8, 4) is 0 Å². The van der Waals surface area contributed by atoms with Crippen LogP contribution in [-0.2, 0) is 11.2 Å². The second kappa shape index (κ2) is 4.54. The summed E-state index contributed by atoms with van der Waals surface area (Å²) in [5.41, 5.74) is 1.38. The van der Waals surface area contributed by atoms with Crippen molar-refractivity contribution in [1.29, 1.82) is 0 Å². The Morgan fingerprint density at radius 1 is 1.38 bits per heavy atom. The molecule has 0 saturated heterocycles. The minimum Gasteiger partial charge on any atom is -0.462 e. The summed E-state index contributed by atoms with van der Waals surface area (Å²) in [5, 5.41) is 7.35. The summed E-state index contributed by atoms with van der Waals surface area (Å²) in [6.07, 6.45) is 3.78.